The predicted molar refractivity (Wildman–Crippen MR) is 91.8 cm³/mol. The van der Waals surface area contributed by atoms with Crippen LogP contribution in [0.1, 0.15) is 18.8 Å². The normalized spacial score (nSPS) is 11.8. The average Bonchev–Trinajstić information content (AvgIpc) is 3.04. The van der Waals surface area contributed by atoms with Crippen LogP contribution in [-0.4, -0.2) is 35.7 Å². The Morgan fingerprint density at radius 3 is 2.52 bits per heavy atom. The molecular formula is C14H12Cl2N8O. The van der Waals surface area contributed by atoms with Crippen LogP contribution in [0, 0.1) is 0 Å². The number of nitrogens with zero attached hydrogens (tertiary/aromatic N) is 6. The molecule has 3 aromatic rings. The van der Waals surface area contributed by atoms with Crippen LogP contribution in [0.15, 0.2) is 36.9 Å². The summed E-state index contributed by atoms with van der Waals surface area (Å²) >= 11 is 11.6. The molecule has 3 rings (SSSR count). The second-order valence-corrected chi connectivity index (χ2v) is 5.67. The number of anilines is 1. The third-order valence-corrected chi connectivity index (χ3v) is 3.46. The molecule has 0 saturated heterocycles. The molecule has 0 saturated carbocycles. The molecule has 11 heteroatoms. The molecule has 0 aliphatic carbocycles. The molecule has 0 radical (unpaired) electrons. The molecule has 0 aliphatic rings. The maximum Gasteiger partial charge on any atom is 0.319 e. The van der Waals surface area contributed by atoms with Crippen molar-refractivity contribution in [3.05, 3.63) is 53.1 Å². The van der Waals surface area contributed by atoms with E-state index in [0.717, 1.165) is 0 Å². The first kappa shape index (κ1) is 17.1. The molecule has 0 aromatic carbocycles. The highest BCUT2D eigenvalue weighted by molar-refractivity contribution is 6.32. The van der Waals surface area contributed by atoms with Crippen LogP contribution in [0.25, 0.3) is 5.95 Å². The Bertz CT molecular complexity index is 865. The van der Waals surface area contributed by atoms with Gasteiger partial charge < -0.3 is 10.6 Å². The van der Waals surface area contributed by atoms with Gasteiger partial charge in [0.1, 0.15) is 16.6 Å². The second-order valence-electron chi connectivity index (χ2n) is 4.90. The van der Waals surface area contributed by atoms with Crippen molar-refractivity contribution in [1.29, 1.82) is 0 Å². The minimum Gasteiger partial charge on any atom is -0.328 e. The zero-order chi connectivity index (χ0) is 17.8. The number of hydrogen-bond acceptors (Lipinski definition) is 6. The molecule has 128 valence electrons. The molecule has 1 atom stereocenters. The fraction of sp³-hybridized carbons (Fsp3) is 0.143. The Morgan fingerprint density at radius 1 is 1.16 bits per heavy atom. The first-order valence-electron chi connectivity index (χ1n) is 7.11. The van der Waals surface area contributed by atoms with Gasteiger partial charge in [0.2, 0.25) is 0 Å². The van der Waals surface area contributed by atoms with Crippen molar-refractivity contribution in [3.63, 3.8) is 0 Å². The summed E-state index contributed by atoms with van der Waals surface area (Å²) < 4.78 is 1.45. The summed E-state index contributed by atoms with van der Waals surface area (Å²) in [6.07, 6.45) is 4.55. The minimum absolute atomic E-state index is 0.178. The Kier molecular flexibility index (Phi) is 5.05. The Balaban J connectivity index is 1.71. The lowest BCUT2D eigenvalue weighted by molar-refractivity contribution is 0.248. The number of hydrogen-bond donors (Lipinski definition) is 2. The van der Waals surface area contributed by atoms with Gasteiger partial charge in [-0.2, -0.15) is 9.78 Å². The van der Waals surface area contributed by atoms with Crippen LogP contribution >= 0.6 is 23.2 Å². The zero-order valence-corrected chi connectivity index (χ0v) is 14.4. The van der Waals surface area contributed by atoms with Crippen molar-refractivity contribution in [2.45, 2.75) is 13.0 Å². The number of urea groups is 1. The van der Waals surface area contributed by atoms with Crippen molar-refractivity contribution in [3.8, 4) is 5.95 Å². The number of pyridine rings is 1. The molecule has 25 heavy (non-hydrogen) atoms. The lowest BCUT2D eigenvalue weighted by Crippen LogP contribution is -2.32. The SMILES string of the molecule is CC(NC(=O)Nc1cc(Cl)nc(Cl)c1)c1ncnn1-c1ncccn1. The van der Waals surface area contributed by atoms with Crippen molar-refractivity contribution < 1.29 is 4.79 Å². The standard InChI is InChI=1S/C14H12Cl2N8O/c1-8(12-19-7-20-24(12)13-17-3-2-4-18-13)21-14(25)22-9-5-10(15)23-11(16)6-9/h2-8H,1H3,(H2,21,22,23,25). The number of nitrogens with one attached hydrogen (secondary N) is 2. The Morgan fingerprint density at radius 2 is 1.84 bits per heavy atom. The van der Waals surface area contributed by atoms with Gasteiger partial charge in [0.15, 0.2) is 5.82 Å². The van der Waals surface area contributed by atoms with Gasteiger partial charge in [0, 0.05) is 18.1 Å². The van der Waals surface area contributed by atoms with Crippen LogP contribution in [-0.2, 0) is 0 Å². The summed E-state index contributed by atoms with van der Waals surface area (Å²) in [4.78, 5) is 28.4. The summed E-state index contributed by atoms with van der Waals surface area (Å²) in [5, 5.41) is 9.82. The van der Waals surface area contributed by atoms with Crippen LogP contribution in [0.4, 0.5) is 10.5 Å². The molecule has 1 unspecified atom stereocenters. The van der Waals surface area contributed by atoms with E-state index in [0.29, 0.717) is 17.5 Å². The van der Waals surface area contributed by atoms with Gasteiger partial charge in [-0.05, 0) is 25.1 Å². The fourth-order valence-corrected chi connectivity index (χ4v) is 2.53. The van der Waals surface area contributed by atoms with Crippen LogP contribution < -0.4 is 10.6 Å². The first-order chi connectivity index (χ1) is 12.0. The first-order valence-corrected chi connectivity index (χ1v) is 7.86. The summed E-state index contributed by atoms with van der Waals surface area (Å²) in [5.74, 6) is 0.837. The molecule has 3 aromatic heterocycles. The number of rotatable bonds is 4. The number of aromatic nitrogens is 6. The van der Waals surface area contributed by atoms with E-state index in [9.17, 15) is 4.79 Å². The van der Waals surface area contributed by atoms with E-state index in [-0.39, 0.29) is 10.3 Å². The molecule has 0 spiro atoms. The highest BCUT2D eigenvalue weighted by Gasteiger charge is 2.18. The number of carbonyl (C=O) groups is 1. The molecule has 2 amide bonds. The molecule has 0 bridgehead atoms. The largest absolute Gasteiger partial charge is 0.328 e. The van der Waals surface area contributed by atoms with Crippen molar-refractivity contribution in [2.24, 2.45) is 0 Å². The maximum absolute atomic E-state index is 12.2. The quantitative estimate of drug-likeness (QED) is 0.675. The molecule has 9 nitrogen and oxygen atoms in total. The topological polar surface area (TPSA) is 111 Å². The summed E-state index contributed by atoms with van der Waals surface area (Å²) in [6, 6.07) is 3.74. The van der Waals surface area contributed by atoms with Gasteiger partial charge in [0.05, 0.1) is 6.04 Å². The molecular weight excluding hydrogens is 367 g/mol. The van der Waals surface area contributed by atoms with Crippen molar-refractivity contribution in [1.82, 2.24) is 35.0 Å². The van der Waals surface area contributed by atoms with Gasteiger partial charge >= 0.3 is 6.03 Å². The molecule has 0 fully saturated rings. The van der Waals surface area contributed by atoms with Gasteiger partial charge in [-0.1, -0.05) is 23.2 Å². The van der Waals surface area contributed by atoms with Gasteiger partial charge in [0.25, 0.3) is 5.95 Å². The number of halogens is 2. The highest BCUT2D eigenvalue weighted by atomic mass is 35.5. The average molecular weight is 379 g/mol. The van der Waals surface area contributed by atoms with E-state index in [1.807, 2.05) is 0 Å². The Labute approximate surface area is 152 Å². The summed E-state index contributed by atoms with van der Waals surface area (Å²) in [6.45, 7) is 1.76. The lowest BCUT2D eigenvalue weighted by atomic mass is 10.3. The second kappa shape index (κ2) is 7.41. The van der Waals surface area contributed by atoms with E-state index in [4.69, 9.17) is 23.2 Å². The van der Waals surface area contributed by atoms with Crippen LogP contribution in [0.3, 0.4) is 0 Å². The van der Waals surface area contributed by atoms with E-state index in [1.165, 1.54) is 23.1 Å². The third kappa shape index (κ3) is 4.20. The maximum atomic E-state index is 12.2. The number of amides is 2. The molecule has 2 N–H and O–H groups in total. The summed E-state index contributed by atoms with van der Waals surface area (Å²) in [5.41, 5.74) is 0.419. The lowest BCUT2D eigenvalue weighted by Gasteiger charge is -2.14. The van der Waals surface area contributed by atoms with Crippen LogP contribution in [0.5, 0.6) is 0 Å². The predicted octanol–water partition coefficient (Wildman–Crippen LogP) is 2.64. The monoisotopic (exact) mass is 378 g/mol. The van der Waals surface area contributed by atoms with E-state index >= 15 is 0 Å². The van der Waals surface area contributed by atoms with Gasteiger partial charge in [-0.15, -0.1) is 0 Å². The van der Waals surface area contributed by atoms with E-state index < -0.39 is 12.1 Å². The Hall–Kier alpha value is -2.78. The summed E-state index contributed by atoms with van der Waals surface area (Å²) in [7, 11) is 0. The molecule has 0 aliphatic heterocycles. The van der Waals surface area contributed by atoms with E-state index in [1.54, 1.807) is 25.4 Å². The zero-order valence-electron chi connectivity index (χ0n) is 12.9. The van der Waals surface area contributed by atoms with E-state index in [2.05, 4.69) is 35.7 Å². The van der Waals surface area contributed by atoms with Crippen molar-refractivity contribution in [2.75, 3.05) is 5.32 Å². The molecule has 3 heterocycles. The number of carbonyl (C=O) groups excluding carboxylic acids is 1. The fourth-order valence-electron chi connectivity index (χ4n) is 2.07. The van der Waals surface area contributed by atoms with Gasteiger partial charge in [-0.3, -0.25) is 0 Å². The van der Waals surface area contributed by atoms with Crippen LogP contribution in [0.2, 0.25) is 10.3 Å². The third-order valence-electron chi connectivity index (χ3n) is 3.07. The van der Waals surface area contributed by atoms with Gasteiger partial charge in [-0.25, -0.2) is 24.7 Å². The highest BCUT2D eigenvalue weighted by Crippen LogP contribution is 2.19. The minimum atomic E-state index is -0.464. The smallest absolute Gasteiger partial charge is 0.319 e. The van der Waals surface area contributed by atoms with Crippen molar-refractivity contribution >= 4 is 34.9 Å².